The highest BCUT2D eigenvalue weighted by Gasteiger charge is 2.21. The Labute approximate surface area is 181 Å². The number of rotatable bonds is 8. The van der Waals surface area contributed by atoms with Gasteiger partial charge >= 0.3 is 5.97 Å². The molecule has 1 heterocycles. The summed E-state index contributed by atoms with van der Waals surface area (Å²) in [5.74, 6) is -1.97. The van der Waals surface area contributed by atoms with Crippen LogP contribution in [0.15, 0.2) is 54.7 Å². The molecular formula is C20H18ClN3O5S. The van der Waals surface area contributed by atoms with Crippen LogP contribution in [0.3, 0.4) is 0 Å². The molecule has 1 atom stereocenters. The lowest BCUT2D eigenvalue weighted by Gasteiger charge is -2.24. The van der Waals surface area contributed by atoms with Crippen LogP contribution in [0.1, 0.15) is 15.2 Å². The molecular weight excluding hydrogens is 430 g/mol. The van der Waals surface area contributed by atoms with Crippen molar-refractivity contribution in [3.05, 3.63) is 70.2 Å². The maximum absolute atomic E-state index is 12.3. The lowest BCUT2D eigenvalue weighted by atomic mass is 10.0. The van der Waals surface area contributed by atoms with Gasteiger partial charge in [-0.15, -0.1) is 0 Å². The molecule has 30 heavy (non-hydrogen) atoms. The highest BCUT2D eigenvalue weighted by molar-refractivity contribution is 7.15. The van der Waals surface area contributed by atoms with Gasteiger partial charge in [0.1, 0.15) is 4.88 Å². The van der Waals surface area contributed by atoms with Crippen molar-refractivity contribution in [1.82, 2.24) is 15.4 Å². The molecule has 0 saturated carbocycles. The average molecular weight is 448 g/mol. The molecule has 0 radical (unpaired) electrons. The summed E-state index contributed by atoms with van der Waals surface area (Å²) in [6.07, 6.45) is -0.480. The summed E-state index contributed by atoms with van der Waals surface area (Å²) < 4.78 is 0. The monoisotopic (exact) mass is 447 g/mol. The first-order valence-electron chi connectivity index (χ1n) is 8.78. The fraction of sp³-hybridized carbons (Fsp3) is 0.150. The number of hydrogen-bond acceptors (Lipinski definition) is 7. The first-order valence-corrected chi connectivity index (χ1v) is 9.98. The Morgan fingerprint density at radius 1 is 1.17 bits per heavy atom. The van der Waals surface area contributed by atoms with Gasteiger partial charge in [-0.05, 0) is 28.8 Å². The number of aliphatic carboxylic acids is 1. The summed E-state index contributed by atoms with van der Waals surface area (Å²) >= 11 is 6.82. The van der Waals surface area contributed by atoms with Gasteiger partial charge in [0.05, 0.1) is 12.7 Å². The van der Waals surface area contributed by atoms with Gasteiger partial charge in [-0.3, -0.25) is 10.2 Å². The van der Waals surface area contributed by atoms with Gasteiger partial charge in [-0.1, -0.05) is 59.3 Å². The maximum Gasteiger partial charge on any atom is 0.333 e. The lowest BCUT2D eigenvalue weighted by Crippen LogP contribution is -2.47. The van der Waals surface area contributed by atoms with Crippen molar-refractivity contribution in [2.24, 2.45) is 0 Å². The number of nitrogens with zero attached hydrogens (tertiary/aromatic N) is 2. The van der Waals surface area contributed by atoms with Crippen LogP contribution in [-0.4, -0.2) is 49.8 Å². The van der Waals surface area contributed by atoms with Crippen molar-refractivity contribution in [1.29, 1.82) is 0 Å². The number of amides is 1. The summed E-state index contributed by atoms with van der Waals surface area (Å²) in [5, 5.41) is 29.7. The second kappa shape index (κ2) is 9.68. The summed E-state index contributed by atoms with van der Waals surface area (Å²) in [4.78, 5) is 27.1. The minimum atomic E-state index is -1.69. The molecule has 3 rings (SSSR count). The number of halogens is 1. The Kier molecular flexibility index (Phi) is 7.01. The molecule has 0 aliphatic carbocycles. The van der Waals surface area contributed by atoms with E-state index in [1.54, 1.807) is 6.07 Å². The average Bonchev–Trinajstić information content (AvgIpc) is 3.15. The van der Waals surface area contributed by atoms with Gasteiger partial charge in [0.25, 0.3) is 11.1 Å². The van der Waals surface area contributed by atoms with E-state index in [0.29, 0.717) is 5.02 Å². The zero-order chi connectivity index (χ0) is 21.7. The first-order chi connectivity index (χ1) is 14.3. The van der Waals surface area contributed by atoms with Crippen molar-refractivity contribution in [2.75, 3.05) is 6.54 Å². The van der Waals surface area contributed by atoms with E-state index >= 15 is 0 Å². The van der Waals surface area contributed by atoms with E-state index in [1.165, 1.54) is 11.2 Å². The Bertz CT molecular complexity index is 1040. The number of nitrogens with one attached hydrogen (secondary N) is 1. The van der Waals surface area contributed by atoms with Crippen LogP contribution in [0.2, 0.25) is 5.02 Å². The van der Waals surface area contributed by atoms with E-state index in [0.717, 1.165) is 28.0 Å². The van der Waals surface area contributed by atoms with Gasteiger partial charge in [0, 0.05) is 11.6 Å². The number of carbonyl (C=O) groups is 2. The van der Waals surface area contributed by atoms with Crippen molar-refractivity contribution in [3.8, 4) is 16.3 Å². The minimum Gasteiger partial charge on any atom is -0.486 e. The van der Waals surface area contributed by atoms with Crippen molar-refractivity contribution in [2.45, 2.75) is 12.6 Å². The quantitative estimate of drug-likeness (QED) is 0.391. The van der Waals surface area contributed by atoms with Gasteiger partial charge in [0.15, 0.2) is 6.10 Å². The largest absolute Gasteiger partial charge is 0.486 e. The van der Waals surface area contributed by atoms with E-state index < -0.39 is 18.0 Å². The Balaban J connectivity index is 1.74. The predicted octanol–water partition coefficient (Wildman–Crippen LogP) is 2.76. The number of aromatic nitrogens is 1. The van der Waals surface area contributed by atoms with Crippen LogP contribution >= 0.6 is 22.9 Å². The van der Waals surface area contributed by atoms with Crippen molar-refractivity contribution < 1.29 is 24.9 Å². The van der Waals surface area contributed by atoms with Crippen LogP contribution in [0.5, 0.6) is 5.19 Å². The molecule has 10 heteroatoms. The molecule has 1 aromatic heterocycles. The van der Waals surface area contributed by atoms with Crippen LogP contribution in [-0.2, 0) is 11.3 Å². The maximum atomic E-state index is 12.3. The molecule has 0 aliphatic heterocycles. The smallest absolute Gasteiger partial charge is 0.333 e. The van der Waals surface area contributed by atoms with E-state index in [2.05, 4.69) is 10.4 Å². The van der Waals surface area contributed by atoms with Crippen LogP contribution in [0, 0.1) is 0 Å². The fourth-order valence-corrected chi connectivity index (χ4v) is 3.43. The number of aliphatic hydroxyl groups excluding tert-OH is 1. The third kappa shape index (κ3) is 5.77. The zero-order valence-corrected chi connectivity index (χ0v) is 17.1. The standard InChI is InChI=1S/C20H18ClN3O5S/c21-15-3-1-2-14(8-15)13-6-4-12(5-7-13)10-24(11-16(25)19(27)28)23-18(26)17-9-22-20(29)30-17/h1-9,16,25H,10-11H2,(H,22,29)(H,23,26)(H,27,28)/t16-/m1/s1. The molecule has 4 N–H and O–H groups in total. The number of thiazole rings is 1. The number of benzene rings is 2. The number of aliphatic hydroxyl groups is 1. The summed E-state index contributed by atoms with van der Waals surface area (Å²) in [5.41, 5.74) is 5.23. The minimum absolute atomic E-state index is 0.149. The molecule has 1 amide bonds. The number of hydrogen-bond donors (Lipinski definition) is 4. The molecule has 0 unspecified atom stereocenters. The van der Waals surface area contributed by atoms with E-state index in [-0.39, 0.29) is 23.2 Å². The zero-order valence-electron chi connectivity index (χ0n) is 15.5. The highest BCUT2D eigenvalue weighted by atomic mass is 35.5. The van der Waals surface area contributed by atoms with Gasteiger partial charge in [0.2, 0.25) is 0 Å². The molecule has 156 valence electrons. The third-order valence-corrected chi connectivity index (χ3v) is 5.17. The number of carboxylic acid groups (broad SMARTS) is 1. The second-order valence-corrected chi connectivity index (χ2v) is 7.84. The Hall–Kier alpha value is -2.98. The number of aromatic hydroxyl groups is 1. The highest BCUT2D eigenvalue weighted by Crippen LogP contribution is 2.23. The summed E-state index contributed by atoms with van der Waals surface area (Å²) in [6, 6.07) is 14.9. The molecule has 2 aromatic carbocycles. The topological polar surface area (TPSA) is 123 Å². The van der Waals surface area contributed by atoms with Crippen LogP contribution < -0.4 is 5.43 Å². The van der Waals surface area contributed by atoms with E-state index in [1.807, 2.05) is 42.5 Å². The molecule has 0 bridgehead atoms. The molecule has 0 fully saturated rings. The van der Waals surface area contributed by atoms with Gasteiger partial charge < -0.3 is 15.3 Å². The summed E-state index contributed by atoms with van der Waals surface area (Å²) in [7, 11) is 0. The third-order valence-electron chi connectivity index (χ3n) is 4.14. The Morgan fingerprint density at radius 3 is 2.50 bits per heavy atom. The number of carboxylic acids is 1. The van der Waals surface area contributed by atoms with Crippen molar-refractivity contribution >= 4 is 34.8 Å². The molecule has 0 saturated heterocycles. The fourth-order valence-electron chi connectivity index (χ4n) is 2.70. The second-order valence-electron chi connectivity index (χ2n) is 6.39. The number of hydrazine groups is 1. The molecule has 0 aliphatic rings. The van der Waals surface area contributed by atoms with Crippen LogP contribution in [0.25, 0.3) is 11.1 Å². The molecule has 8 nitrogen and oxygen atoms in total. The van der Waals surface area contributed by atoms with Crippen LogP contribution in [0.4, 0.5) is 0 Å². The normalized spacial score (nSPS) is 12.0. The summed E-state index contributed by atoms with van der Waals surface area (Å²) in [6.45, 7) is -0.182. The number of carbonyl (C=O) groups excluding carboxylic acids is 1. The lowest BCUT2D eigenvalue weighted by molar-refractivity contribution is -0.148. The predicted molar refractivity (Wildman–Crippen MR) is 112 cm³/mol. The molecule has 0 spiro atoms. The Morgan fingerprint density at radius 2 is 1.90 bits per heavy atom. The van der Waals surface area contributed by atoms with Gasteiger partial charge in [-0.25, -0.2) is 14.8 Å². The molecule has 3 aromatic rings. The first kappa shape index (κ1) is 21.7. The van der Waals surface area contributed by atoms with E-state index in [9.17, 15) is 19.8 Å². The SMILES string of the molecule is O=C(NN(Cc1ccc(-c2cccc(Cl)c2)cc1)C[C@@H](O)C(=O)O)c1cnc(O)s1. The van der Waals surface area contributed by atoms with E-state index in [4.69, 9.17) is 16.7 Å². The van der Waals surface area contributed by atoms with Crippen molar-refractivity contribution in [3.63, 3.8) is 0 Å². The van der Waals surface area contributed by atoms with Gasteiger partial charge in [-0.2, -0.15) is 0 Å².